The molecule has 1 aliphatic rings. The molecular formula is C14H14Cl2N2OS. The molecule has 2 heterocycles. The second-order valence-electron chi connectivity index (χ2n) is 4.88. The number of benzene rings is 1. The van der Waals surface area contributed by atoms with Gasteiger partial charge in [-0.2, -0.15) is 0 Å². The number of thiophene rings is 1. The molecule has 1 aliphatic heterocycles. The topological polar surface area (TPSA) is 41.1 Å². The first-order chi connectivity index (χ1) is 9.65. The Bertz CT molecular complexity index is 650. The summed E-state index contributed by atoms with van der Waals surface area (Å²) in [7, 11) is 0. The average Bonchev–Trinajstić information content (AvgIpc) is 2.76. The summed E-state index contributed by atoms with van der Waals surface area (Å²) in [4.78, 5) is 12.9. The zero-order valence-electron chi connectivity index (χ0n) is 10.7. The summed E-state index contributed by atoms with van der Waals surface area (Å²) >= 11 is 13.7. The largest absolute Gasteiger partial charge is 0.348 e. The van der Waals surface area contributed by atoms with Gasteiger partial charge in [-0.15, -0.1) is 11.3 Å². The molecule has 106 valence electrons. The normalized spacial score (nSPS) is 16.5. The molecule has 1 saturated heterocycles. The van der Waals surface area contributed by atoms with E-state index in [0.717, 1.165) is 36.0 Å². The SMILES string of the molecule is O=C(NC1CCNCC1)c1sc2cc(Cl)ccc2c1Cl. The van der Waals surface area contributed by atoms with Crippen LogP contribution in [0.1, 0.15) is 22.5 Å². The Morgan fingerprint density at radius 1 is 1.30 bits per heavy atom. The fourth-order valence-electron chi connectivity index (χ4n) is 2.40. The third-order valence-corrected chi connectivity index (χ3v) is 5.36. The first-order valence-electron chi connectivity index (χ1n) is 6.54. The van der Waals surface area contributed by atoms with Crippen LogP contribution in [0.25, 0.3) is 10.1 Å². The molecule has 0 unspecified atom stereocenters. The summed E-state index contributed by atoms with van der Waals surface area (Å²) in [6.07, 6.45) is 1.92. The van der Waals surface area contributed by atoms with Gasteiger partial charge < -0.3 is 10.6 Å². The molecule has 0 aliphatic carbocycles. The van der Waals surface area contributed by atoms with E-state index in [1.54, 1.807) is 6.07 Å². The maximum atomic E-state index is 12.3. The maximum absolute atomic E-state index is 12.3. The molecule has 0 atom stereocenters. The highest BCUT2D eigenvalue weighted by Gasteiger charge is 2.21. The van der Waals surface area contributed by atoms with Crippen molar-refractivity contribution in [3.8, 4) is 0 Å². The van der Waals surface area contributed by atoms with Crippen molar-refractivity contribution in [2.45, 2.75) is 18.9 Å². The van der Waals surface area contributed by atoms with E-state index >= 15 is 0 Å². The van der Waals surface area contributed by atoms with E-state index in [9.17, 15) is 4.79 Å². The van der Waals surface area contributed by atoms with Gasteiger partial charge in [-0.05, 0) is 38.1 Å². The number of nitrogens with one attached hydrogen (secondary N) is 2. The van der Waals surface area contributed by atoms with Crippen LogP contribution in [0.5, 0.6) is 0 Å². The van der Waals surface area contributed by atoms with Gasteiger partial charge in [0.15, 0.2) is 0 Å². The van der Waals surface area contributed by atoms with Gasteiger partial charge in [-0.3, -0.25) is 4.79 Å². The van der Waals surface area contributed by atoms with Crippen molar-refractivity contribution in [2.24, 2.45) is 0 Å². The van der Waals surface area contributed by atoms with Gasteiger partial charge in [0.25, 0.3) is 5.91 Å². The van der Waals surface area contributed by atoms with Crippen molar-refractivity contribution in [3.05, 3.63) is 33.1 Å². The molecule has 0 spiro atoms. The highest BCUT2D eigenvalue weighted by molar-refractivity contribution is 7.21. The summed E-state index contributed by atoms with van der Waals surface area (Å²) in [5.74, 6) is -0.0841. The molecule has 0 radical (unpaired) electrons. The predicted molar refractivity (Wildman–Crippen MR) is 85.2 cm³/mol. The molecule has 3 rings (SSSR count). The number of carbonyl (C=O) groups excluding carboxylic acids is 1. The van der Waals surface area contributed by atoms with E-state index in [0.29, 0.717) is 14.9 Å². The first-order valence-corrected chi connectivity index (χ1v) is 8.11. The third kappa shape index (κ3) is 2.79. The number of amides is 1. The van der Waals surface area contributed by atoms with Crippen LogP contribution in [0, 0.1) is 0 Å². The minimum absolute atomic E-state index is 0.0841. The van der Waals surface area contributed by atoms with Gasteiger partial charge in [0, 0.05) is 21.2 Å². The van der Waals surface area contributed by atoms with Gasteiger partial charge in [-0.1, -0.05) is 29.3 Å². The molecule has 3 nitrogen and oxygen atoms in total. The quantitative estimate of drug-likeness (QED) is 0.882. The van der Waals surface area contributed by atoms with Crippen LogP contribution in [-0.4, -0.2) is 25.0 Å². The van der Waals surface area contributed by atoms with Crippen LogP contribution in [0.4, 0.5) is 0 Å². The van der Waals surface area contributed by atoms with Gasteiger partial charge in [0.2, 0.25) is 0 Å². The lowest BCUT2D eigenvalue weighted by Crippen LogP contribution is -2.42. The molecule has 20 heavy (non-hydrogen) atoms. The summed E-state index contributed by atoms with van der Waals surface area (Å²) in [6.45, 7) is 1.89. The van der Waals surface area contributed by atoms with Gasteiger partial charge >= 0.3 is 0 Å². The number of hydrogen-bond donors (Lipinski definition) is 2. The number of piperidine rings is 1. The third-order valence-electron chi connectivity index (χ3n) is 3.47. The van der Waals surface area contributed by atoms with Crippen molar-refractivity contribution in [3.63, 3.8) is 0 Å². The van der Waals surface area contributed by atoms with E-state index in [1.807, 2.05) is 12.1 Å². The van der Waals surface area contributed by atoms with Crippen molar-refractivity contribution in [2.75, 3.05) is 13.1 Å². The molecule has 1 aromatic carbocycles. The Morgan fingerprint density at radius 3 is 2.80 bits per heavy atom. The Hall–Kier alpha value is -0.810. The zero-order chi connectivity index (χ0) is 14.1. The van der Waals surface area contributed by atoms with Crippen LogP contribution < -0.4 is 10.6 Å². The standard InChI is InChI=1S/C14H14Cl2N2OS/c15-8-1-2-10-11(7-8)20-13(12(10)16)14(19)18-9-3-5-17-6-4-9/h1-2,7,9,17H,3-6H2,(H,18,19). The Morgan fingerprint density at radius 2 is 2.05 bits per heavy atom. The van der Waals surface area contributed by atoms with E-state index in [4.69, 9.17) is 23.2 Å². The number of hydrogen-bond acceptors (Lipinski definition) is 3. The van der Waals surface area contributed by atoms with Crippen molar-refractivity contribution in [1.29, 1.82) is 0 Å². The van der Waals surface area contributed by atoms with Gasteiger partial charge in [0.1, 0.15) is 4.88 Å². The number of halogens is 2. The molecule has 0 bridgehead atoms. The number of rotatable bonds is 2. The smallest absolute Gasteiger partial charge is 0.263 e. The molecule has 2 N–H and O–H groups in total. The van der Waals surface area contributed by atoms with Crippen LogP contribution in [0.15, 0.2) is 18.2 Å². The highest BCUT2D eigenvalue weighted by atomic mass is 35.5. The fraction of sp³-hybridized carbons (Fsp3) is 0.357. The van der Waals surface area contributed by atoms with E-state index in [1.165, 1.54) is 11.3 Å². The highest BCUT2D eigenvalue weighted by Crippen LogP contribution is 2.36. The molecule has 1 fully saturated rings. The Kier molecular flexibility index (Phi) is 4.17. The first kappa shape index (κ1) is 14.1. The van der Waals surface area contributed by atoms with Crippen LogP contribution >= 0.6 is 34.5 Å². The maximum Gasteiger partial charge on any atom is 0.263 e. The van der Waals surface area contributed by atoms with Gasteiger partial charge in [-0.25, -0.2) is 0 Å². The molecule has 0 saturated carbocycles. The van der Waals surface area contributed by atoms with E-state index in [2.05, 4.69) is 10.6 Å². The second-order valence-corrected chi connectivity index (χ2v) is 6.75. The molecule has 1 aromatic heterocycles. The minimum Gasteiger partial charge on any atom is -0.348 e. The Balaban J connectivity index is 1.85. The van der Waals surface area contributed by atoms with Crippen molar-refractivity contribution >= 4 is 50.5 Å². The fourth-order valence-corrected chi connectivity index (χ4v) is 4.10. The summed E-state index contributed by atoms with van der Waals surface area (Å²) in [5.41, 5.74) is 0. The summed E-state index contributed by atoms with van der Waals surface area (Å²) in [5, 5.41) is 8.40. The lowest BCUT2D eigenvalue weighted by Gasteiger charge is -2.23. The molecule has 2 aromatic rings. The predicted octanol–water partition coefficient (Wildman–Crippen LogP) is 3.69. The molecular weight excluding hydrogens is 315 g/mol. The van der Waals surface area contributed by atoms with E-state index < -0.39 is 0 Å². The lowest BCUT2D eigenvalue weighted by molar-refractivity contribution is 0.0934. The summed E-state index contributed by atoms with van der Waals surface area (Å²) in [6, 6.07) is 5.72. The van der Waals surface area contributed by atoms with Crippen LogP contribution in [0.2, 0.25) is 10.0 Å². The van der Waals surface area contributed by atoms with Crippen LogP contribution in [-0.2, 0) is 0 Å². The van der Waals surface area contributed by atoms with Crippen LogP contribution in [0.3, 0.4) is 0 Å². The van der Waals surface area contributed by atoms with Crippen molar-refractivity contribution < 1.29 is 4.79 Å². The number of carbonyl (C=O) groups is 1. The Labute approximate surface area is 131 Å². The minimum atomic E-state index is -0.0841. The average molecular weight is 329 g/mol. The molecule has 1 amide bonds. The van der Waals surface area contributed by atoms with E-state index in [-0.39, 0.29) is 11.9 Å². The monoisotopic (exact) mass is 328 g/mol. The second kappa shape index (κ2) is 5.90. The lowest BCUT2D eigenvalue weighted by atomic mass is 10.1. The van der Waals surface area contributed by atoms with Gasteiger partial charge in [0.05, 0.1) is 5.02 Å². The zero-order valence-corrected chi connectivity index (χ0v) is 13.0. The molecule has 6 heteroatoms. The number of fused-ring (bicyclic) bond motifs is 1. The van der Waals surface area contributed by atoms with Crippen molar-refractivity contribution in [1.82, 2.24) is 10.6 Å². The summed E-state index contributed by atoms with van der Waals surface area (Å²) < 4.78 is 0.943.